The molecule has 0 aliphatic carbocycles. The molecule has 0 aliphatic rings. The number of fused-ring (bicyclic) bond motifs is 1. The van der Waals surface area contributed by atoms with Gasteiger partial charge in [-0.2, -0.15) is 0 Å². The van der Waals surface area contributed by atoms with E-state index in [1.807, 2.05) is 54.9 Å². The van der Waals surface area contributed by atoms with E-state index in [-0.39, 0.29) is 17.2 Å². The first kappa shape index (κ1) is 16.9. The lowest BCUT2D eigenvalue weighted by Crippen LogP contribution is -1.98. The van der Waals surface area contributed by atoms with Gasteiger partial charge in [0.25, 0.3) is 0 Å². The van der Waals surface area contributed by atoms with Crippen molar-refractivity contribution in [3.05, 3.63) is 77.9 Å². The molecule has 0 fully saturated rings. The van der Waals surface area contributed by atoms with Crippen molar-refractivity contribution in [1.82, 2.24) is 19.5 Å². The normalized spacial score (nSPS) is 10.6. The largest absolute Gasteiger partial charge is 0.324 e. The van der Waals surface area contributed by atoms with Crippen molar-refractivity contribution >= 4 is 10.9 Å². The molecular formula is C22H17FN4. The topological polar surface area (TPSA) is 43.6 Å². The summed E-state index contributed by atoms with van der Waals surface area (Å²) in [6, 6.07) is 14.8. The molecule has 0 bridgehead atoms. The highest BCUT2D eigenvalue weighted by atomic mass is 19.1. The number of aryl methyl sites for hydroxylation is 2. The van der Waals surface area contributed by atoms with Crippen LogP contribution in [0.5, 0.6) is 0 Å². The molecule has 0 saturated carbocycles. The molecule has 0 radical (unpaired) electrons. The molecule has 0 atom stereocenters. The zero-order chi connectivity index (χ0) is 18.8. The van der Waals surface area contributed by atoms with E-state index < -0.39 is 0 Å². The highest BCUT2D eigenvalue weighted by Crippen LogP contribution is 2.19. The molecule has 2 aromatic carbocycles. The zero-order valence-corrected chi connectivity index (χ0v) is 15.1. The molecule has 0 spiro atoms. The third-order valence-corrected chi connectivity index (χ3v) is 4.34. The Morgan fingerprint density at radius 1 is 0.963 bits per heavy atom. The number of hydrogen-bond acceptors (Lipinski definition) is 3. The minimum Gasteiger partial charge on any atom is -0.324 e. The van der Waals surface area contributed by atoms with Crippen LogP contribution in [0.15, 0.2) is 54.7 Å². The fourth-order valence-corrected chi connectivity index (χ4v) is 2.94. The first-order chi connectivity index (χ1) is 13.2. The summed E-state index contributed by atoms with van der Waals surface area (Å²) < 4.78 is 16.0. The van der Waals surface area contributed by atoms with E-state index in [2.05, 4.69) is 26.8 Å². The Bertz CT molecular complexity index is 1180. The third kappa shape index (κ3) is 3.30. The molecule has 4 aromatic rings. The molecule has 132 valence electrons. The summed E-state index contributed by atoms with van der Waals surface area (Å²) in [5, 5.41) is 0.696. The molecule has 5 heteroatoms. The van der Waals surface area contributed by atoms with Crippen LogP contribution in [0.25, 0.3) is 22.2 Å². The molecule has 0 N–H and O–H groups in total. The number of benzene rings is 2. The first-order valence-electron chi connectivity index (χ1n) is 8.73. The number of imidazole rings is 1. The van der Waals surface area contributed by atoms with E-state index in [0.717, 1.165) is 17.8 Å². The van der Waals surface area contributed by atoms with Crippen molar-refractivity contribution in [2.75, 3.05) is 0 Å². The fourth-order valence-electron chi connectivity index (χ4n) is 2.94. The summed E-state index contributed by atoms with van der Waals surface area (Å²) in [5.41, 5.74) is 2.89. The lowest BCUT2D eigenvalue weighted by atomic mass is 10.2. The lowest BCUT2D eigenvalue weighted by Gasteiger charge is -2.02. The minimum atomic E-state index is -0.373. The Labute approximate surface area is 156 Å². The maximum Gasteiger partial charge on any atom is 0.206 e. The second-order valence-corrected chi connectivity index (χ2v) is 6.12. The van der Waals surface area contributed by atoms with Crippen LogP contribution in [-0.4, -0.2) is 19.5 Å². The predicted octanol–water partition coefficient (Wildman–Crippen LogP) is 4.36. The Morgan fingerprint density at radius 2 is 1.78 bits per heavy atom. The predicted molar refractivity (Wildman–Crippen MR) is 104 cm³/mol. The van der Waals surface area contributed by atoms with Crippen LogP contribution < -0.4 is 0 Å². The van der Waals surface area contributed by atoms with Crippen molar-refractivity contribution in [3.8, 4) is 23.1 Å². The average molecular weight is 356 g/mol. The van der Waals surface area contributed by atoms with Crippen molar-refractivity contribution < 1.29 is 4.39 Å². The van der Waals surface area contributed by atoms with Gasteiger partial charge in [-0.3, -0.25) is 0 Å². The van der Waals surface area contributed by atoms with Gasteiger partial charge in [0.15, 0.2) is 5.82 Å². The van der Waals surface area contributed by atoms with E-state index in [1.165, 1.54) is 6.07 Å². The minimum absolute atomic E-state index is 0.289. The Balaban J connectivity index is 1.76. The van der Waals surface area contributed by atoms with Crippen molar-refractivity contribution in [3.63, 3.8) is 0 Å². The molecule has 0 amide bonds. The van der Waals surface area contributed by atoms with Gasteiger partial charge < -0.3 is 4.57 Å². The summed E-state index contributed by atoms with van der Waals surface area (Å²) in [5.74, 6) is 6.52. The quantitative estimate of drug-likeness (QED) is 0.501. The Hall–Kier alpha value is -3.52. The van der Waals surface area contributed by atoms with Gasteiger partial charge >= 0.3 is 0 Å². The number of para-hydroxylation sites is 1. The SMILES string of the molecule is CCn1cc(-c2ccccc2)nc1C#Cc1nc(C)c2cccc(F)c2n1. The van der Waals surface area contributed by atoms with Gasteiger partial charge in [0.05, 0.1) is 5.69 Å². The smallest absolute Gasteiger partial charge is 0.206 e. The van der Waals surface area contributed by atoms with Crippen LogP contribution in [-0.2, 0) is 6.54 Å². The standard InChI is InChI=1S/C22H17FN4/c1-3-27-14-19(16-8-5-4-6-9-16)25-21(27)13-12-20-24-15(2)17-10-7-11-18(23)22(17)26-20/h4-11,14H,3H2,1-2H3. The van der Waals surface area contributed by atoms with Crippen LogP contribution in [0.3, 0.4) is 0 Å². The monoisotopic (exact) mass is 356 g/mol. The van der Waals surface area contributed by atoms with E-state index in [4.69, 9.17) is 0 Å². The van der Waals surface area contributed by atoms with Gasteiger partial charge in [-0.05, 0) is 31.8 Å². The summed E-state index contributed by atoms with van der Waals surface area (Å²) in [4.78, 5) is 13.3. The number of nitrogens with zero attached hydrogens (tertiary/aromatic N) is 4. The highest BCUT2D eigenvalue weighted by Gasteiger charge is 2.09. The fraction of sp³-hybridized carbons (Fsp3) is 0.136. The molecule has 2 aromatic heterocycles. The van der Waals surface area contributed by atoms with E-state index in [0.29, 0.717) is 16.9 Å². The van der Waals surface area contributed by atoms with Crippen molar-refractivity contribution in [2.24, 2.45) is 0 Å². The number of halogens is 1. The van der Waals surface area contributed by atoms with E-state index >= 15 is 0 Å². The first-order valence-corrected chi connectivity index (χ1v) is 8.73. The maximum absolute atomic E-state index is 14.1. The van der Waals surface area contributed by atoms with Crippen LogP contribution in [0, 0.1) is 24.6 Å². The second kappa shape index (κ2) is 7.00. The van der Waals surface area contributed by atoms with Gasteiger partial charge in [0.2, 0.25) is 5.82 Å². The molecule has 0 aliphatic heterocycles. The lowest BCUT2D eigenvalue weighted by molar-refractivity contribution is 0.636. The van der Waals surface area contributed by atoms with E-state index in [9.17, 15) is 4.39 Å². The summed E-state index contributed by atoms with van der Waals surface area (Å²) in [6.45, 7) is 4.61. The van der Waals surface area contributed by atoms with Gasteiger partial charge in [0.1, 0.15) is 11.3 Å². The Morgan fingerprint density at radius 3 is 2.56 bits per heavy atom. The molecule has 4 nitrogen and oxygen atoms in total. The molecule has 2 heterocycles. The summed E-state index contributed by atoms with van der Waals surface area (Å²) >= 11 is 0. The second-order valence-electron chi connectivity index (χ2n) is 6.12. The van der Waals surface area contributed by atoms with Crippen molar-refractivity contribution in [1.29, 1.82) is 0 Å². The maximum atomic E-state index is 14.1. The summed E-state index contributed by atoms with van der Waals surface area (Å²) in [6.07, 6.45) is 1.98. The third-order valence-electron chi connectivity index (χ3n) is 4.34. The number of rotatable bonds is 2. The van der Waals surface area contributed by atoms with Crippen LogP contribution in [0.1, 0.15) is 24.3 Å². The van der Waals surface area contributed by atoms with Crippen LogP contribution in [0.4, 0.5) is 4.39 Å². The molecule has 0 unspecified atom stereocenters. The van der Waals surface area contributed by atoms with E-state index in [1.54, 1.807) is 12.1 Å². The Kier molecular flexibility index (Phi) is 4.39. The van der Waals surface area contributed by atoms with Gasteiger partial charge in [-0.1, -0.05) is 42.5 Å². The van der Waals surface area contributed by atoms with Crippen LogP contribution >= 0.6 is 0 Å². The van der Waals surface area contributed by atoms with Gasteiger partial charge in [0, 0.05) is 29.4 Å². The number of aromatic nitrogens is 4. The molecular weight excluding hydrogens is 339 g/mol. The van der Waals surface area contributed by atoms with Crippen LogP contribution in [0.2, 0.25) is 0 Å². The number of hydrogen-bond donors (Lipinski definition) is 0. The molecule has 4 rings (SSSR count). The highest BCUT2D eigenvalue weighted by molar-refractivity contribution is 5.81. The van der Waals surface area contributed by atoms with Gasteiger partial charge in [-0.15, -0.1) is 0 Å². The average Bonchev–Trinajstić information content (AvgIpc) is 3.11. The van der Waals surface area contributed by atoms with Crippen molar-refractivity contribution in [2.45, 2.75) is 20.4 Å². The van der Waals surface area contributed by atoms with Gasteiger partial charge in [-0.25, -0.2) is 19.3 Å². The molecule has 27 heavy (non-hydrogen) atoms. The summed E-state index contributed by atoms with van der Waals surface area (Å²) in [7, 11) is 0. The molecule has 0 saturated heterocycles. The zero-order valence-electron chi connectivity index (χ0n) is 15.1.